The average Bonchev–Trinajstić information content (AvgIpc) is 2.39. The highest BCUT2D eigenvalue weighted by Gasteiger charge is 2.33. The van der Waals surface area contributed by atoms with E-state index in [4.69, 9.17) is 0 Å². The van der Waals surface area contributed by atoms with Gasteiger partial charge in [0.1, 0.15) is 12.1 Å². The zero-order chi connectivity index (χ0) is 13.2. The molecule has 0 aromatic heterocycles. The molecule has 0 saturated carbocycles. The number of piperidine rings is 1. The Morgan fingerprint density at radius 1 is 1.22 bits per heavy atom. The van der Waals surface area contributed by atoms with E-state index in [0.29, 0.717) is 19.3 Å². The SMILES string of the molecule is O=CC1CCCCN1S(=O)(=O)c1ccc(F)cc1. The molecule has 0 radical (unpaired) electrons. The van der Waals surface area contributed by atoms with E-state index < -0.39 is 21.9 Å². The van der Waals surface area contributed by atoms with Crippen molar-refractivity contribution in [1.29, 1.82) is 0 Å². The van der Waals surface area contributed by atoms with Gasteiger partial charge in [0.05, 0.1) is 10.9 Å². The predicted octanol–water partition coefficient (Wildman–Crippen LogP) is 1.57. The molecule has 1 aliphatic heterocycles. The standard InChI is InChI=1S/C12H14FNO3S/c13-10-4-6-12(7-5-10)18(16,17)14-8-2-1-3-11(14)9-15/h4-7,9,11H,1-3,8H2. The summed E-state index contributed by atoms with van der Waals surface area (Å²) in [6, 6.07) is 4.05. The number of hydrogen-bond acceptors (Lipinski definition) is 3. The topological polar surface area (TPSA) is 54.5 Å². The summed E-state index contributed by atoms with van der Waals surface area (Å²) in [5.41, 5.74) is 0. The number of nitrogens with zero attached hydrogens (tertiary/aromatic N) is 1. The first-order valence-corrected chi connectivity index (χ1v) is 7.22. The lowest BCUT2D eigenvalue weighted by Gasteiger charge is -2.31. The molecule has 1 atom stereocenters. The van der Waals surface area contributed by atoms with Crippen molar-refractivity contribution in [1.82, 2.24) is 4.31 Å². The lowest BCUT2D eigenvalue weighted by Crippen LogP contribution is -2.44. The Morgan fingerprint density at radius 2 is 1.89 bits per heavy atom. The Bertz CT molecular complexity index is 527. The lowest BCUT2D eigenvalue weighted by atomic mass is 10.1. The summed E-state index contributed by atoms with van der Waals surface area (Å²) >= 11 is 0. The van der Waals surface area contributed by atoms with E-state index in [2.05, 4.69) is 0 Å². The fourth-order valence-corrected chi connectivity index (χ4v) is 3.74. The van der Waals surface area contributed by atoms with Gasteiger partial charge in [-0.05, 0) is 37.1 Å². The fourth-order valence-electron chi connectivity index (χ4n) is 2.11. The highest BCUT2D eigenvalue weighted by Crippen LogP contribution is 2.24. The summed E-state index contributed by atoms with van der Waals surface area (Å²) in [5, 5.41) is 0. The van der Waals surface area contributed by atoms with Gasteiger partial charge in [-0.25, -0.2) is 12.8 Å². The maximum Gasteiger partial charge on any atom is 0.243 e. The van der Waals surface area contributed by atoms with Crippen LogP contribution < -0.4 is 0 Å². The lowest BCUT2D eigenvalue weighted by molar-refractivity contribution is -0.111. The zero-order valence-corrected chi connectivity index (χ0v) is 10.6. The van der Waals surface area contributed by atoms with Crippen molar-refractivity contribution in [2.24, 2.45) is 0 Å². The van der Waals surface area contributed by atoms with Gasteiger partial charge in [0.25, 0.3) is 0 Å². The van der Waals surface area contributed by atoms with E-state index in [1.165, 1.54) is 16.4 Å². The quantitative estimate of drug-likeness (QED) is 0.784. The number of halogens is 1. The maximum absolute atomic E-state index is 12.8. The summed E-state index contributed by atoms with van der Waals surface area (Å²) in [5.74, 6) is -0.487. The van der Waals surface area contributed by atoms with Crippen LogP contribution in [0, 0.1) is 5.82 Å². The molecule has 4 nitrogen and oxygen atoms in total. The zero-order valence-electron chi connectivity index (χ0n) is 9.75. The molecule has 6 heteroatoms. The van der Waals surface area contributed by atoms with Gasteiger partial charge < -0.3 is 4.79 Å². The van der Waals surface area contributed by atoms with E-state index in [9.17, 15) is 17.6 Å². The minimum absolute atomic E-state index is 0.0256. The van der Waals surface area contributed by atoms with Crippen LogP contribution in [0.15, 0.2) is 29.2 Å². The van der Waals surface area contributed by atoms with Crippen LogP contribution in [0.2, 0.25) is 0 Å². The van der Waals surface area contributed by atoms with Gasteiger partial charge in [-0.1, -0.05) is 6.42 Å². The number of carbonyl (C=O) groups is 1. The van der Waals surface area contributed by atoms with Crippen LogP contribution >= 0.6 is 0 Å². The Hall–Kier alpha value is -1.27. The van der Waals surface area contributed by atoms with Crippen LogP contribution in [-0.4, -0.2) is 31.6 Å². The Morgan fingerprint density at radius 3 is 2.50 bits per heavy atom. The molecule has 1 aliphatic rings. The molecule has 1 saturated heterocycles. The van der Waals surface area contributed by atoms with Crippen molar-refractivity contribution in [3.63, 3.8) is 0 Å². The number of aldehydes is 1. The molecular formula is C12H14FNO3S. The van der Waals surface area contributed by atoms with Gasteiger partial charge >= 0.3 is 0 Å². The minimum Gasteiger partial charge on any atom is -0.302 e. The molecule has 0 spiro atoms. The highest BCUT2D eigenvalue weighted by molar-refractivity contribution is 7.89. The van der Waals surface area contributed by atoms with E-state index in [1.807, 2.05) is 0 Å². The molecular weight excluding hydrogens is 257 g/mol. The molecule has 1 aromatic rings. The first kappa shape index (κ1) is 13.2. The van der Waals surface area contributed by atoms with E-state index >= 15 is 0 Å². The third-order valence-corrected chi connectivity index (χ3v) is 5.01. The number of benzene rings is 1. The van der Waals surface area contributed by atoms with Crippen molar-refractivity contribution in [2.75, 3.05) is 6.54 Å². The Labute approximate surface area is 105 Å². The summed E-state index contributed by atoms with van der Waals surface area (Å²) in [7, 11) is -3.70. The van der Waals surface area contributed by atoms with Crippen molar-refractivity contribution < 1.29 is 17.6 Å². The van der Waals surface area contributed by atoms with Gasteiger partial charge in [-0.15, -0.1) is 0 Å². The van der Waals surface area contributed by atoms with E-state index in [-0.39, 0.29) is 4.90 Å². The number of hydrogen-bond donors (Lipinski definition) is 0. The van der Waals surface area contributed by atoms with Gasteiger partial charge in [0.15, 0.2) is 0 Å². The molecule has 1 fully saturated rings. The summed E-state index contributed by atoms with van der Waals surface area (Å²) in [6.07, 6.45) is 2.80. The molecule has 2 rings (SSSR count). The number of sulfonamides is 1. The van der Waals surface area contributed by atoms with Crippen molar-refractivity contribution >= 4 is 16.3 Å². The minimum atomic E-state index is -3.70. The summed E-state index contributed by atoms with van der Waals surface area (Å²) < 4.78 is 38.6. The first-order valence-electron chi connectivity index (χ1n) is 5.78. The molecule has 18 heavy (non-hydrogen) atoms. The third kappa shape index (κ3) is 2.44. The van der Waals surface area contributed by atoms with Crippen LogP contribution in [-0.2, 0) is 14.8 Å². The molecule has 1 heterocycles. The summed E-state index contributed by atoms with van der Waals surface area (Å²) in [6.45, 7) is 0.336. The van der Waals surface area contributed by atoms with Gasteiger partial charge in [0.2, 0.25) is 10.0 Å². The van der Waals surface area contributed by atoms with Crippen LogP contribution in [0.25, 0.3) is 0 Å². The van der Waals surface area contributed by atoms with Gasteiger partial charge in [-0.3, -0.25) is 0 Å². The van der Waals surface area contributed by atoms with Crippen molar-refractivity contribution in [2.45, 2.75) is 30.2 Å². The Kier molecular flexibility index (Phi) is 3.77. The molecule has 1 aromatic carbocycles. The van der Waals surface area contributed by atoms with Crippen LogP contribution in [0.5, 0.6) is 0 Å². The first-order chi connectivity index (χ1) is 8.55. The van der Waals surface area contributed by atoms with Gasteiger partial charge in [-0.2, -0.15) is 4.31 Å². The number of carbonyl (C=O) groups excluding carboxylic acids is 1. The maximum atomic E-state index is 12.8. The van der Waals surface area contributed by atoms with Crippen molar-refractivity contribution in [3.8, 4) is 0 Å². The molecule has 1 unspecified atom stereocenters. The second-order valence-corrected chi connectivity index (χ2v) is 6.16. The van der Waals surface area contributed by atoms with Crippen LogP contribution in [0.3, 0.4) is 0 Å². The molecule has 0 amide bonds. The van der Waals surface area contributed by atoms with E-state index in [0.717, 1.165) is 25.0 Å². The highest BCUT2D eigenvalue weighted by atomic mass is 32.2. The molecule has 0 aliphatic carbocycles. The fraction of sp³-hybridized carbons (Fsp3) is 0.417. The second-order valence-electron chi connectivity index (χ2n) is 4.27. The van der Waals surface area contributed by atoms with E-state index in [1.54, 1.807) is 0 Å². The largest absolute Gasteiger partial charge is 0.302 e. The normalized spacial score (nSPS) is 21.7. The monoisotopic (exact) mass is 271 g/mol. The Balaban J connectivity index is 2.34. The summed E-state index contributed by atoms with van der Waals surface area (Å²) in [4.78, 5) is 11.0. The second kappa shape index (κ2) is 5.16. The van der Waals surface area contributed by atoms with Crippen LogP contribution in [0.4, 0.5) is 4.39 Å². The average molecular weight is 271 g/mol. The van der Waals surface area contributed by atoms with Gasteiger partial charge in [0, 0.05) is 6.54 Å². The molecule has 98 valence electrons. The molecule has 0 N–H and O–H groups in total. The molecule has 0 bridgehead atoms. The smallest absolute Gasteiger partial charge is 0.243 e. The number of rotatable bonds is 3. The predicted molar refractivity (Wildman–Crippen MR) is 64.0 cm³/mol. The van der Waals surface area contributed by atoms with Crippen LogP contribution in [0.1, 0.15) is 19.3 Å². The third-order valence-electron chi connectivity index (χ3n) is 3.08. The van der Waals surface area contributed by atoms with Crippen molar-refractivity contribution in [3.05, 3.63) is 30.1 Å².